The van der Waals surface area contributed by atoms with Crippen molar-refractivity contribution in [1.29, 1.82) is 0 Å². The van der Waals surface area contributed by atoms with Crippen LogP contribution < -0.4 is 0 Å². The van der Waals surface area contributed by atoms with Gasteiger partial charge in [-0.25, -0.2) is 4.79 Å². The summed E-state index contributed by atoms with van der Waals surface area (Å²) >= 11 is 0. The number of carboxylic acid groups (broad SMARTS) is 1. The Bertz CT molecular complexity index is 1450. The summed E-state index contributed by atoms with van der Waals surface area (Å²) in [5.74, 6) is 2.65. The Hall–Kier alpha value is -3.29. The zero-order chi connectivity index (χ0) is 29.8. The highest BCUT2D eigenvalue weighted by atomic mass is 16.6. The van der Waals surface area contributed by atoms with Gasteiger partial charge in [-0.3, -0.25) is 19.9 Å². The Morgan fingerprint density at radius 2 is 1.26 bits per heavy atom. The zero-order valence-electron chi connectivity index (χ0n) is 25.2. The molecule has 1 aromatic carbocycles. The molecule has 8 heteroatoms. The highest BCUT2D eigenvalue weighted by Gasteiger charge is 2.63. The van der Waals surface area contributed by atoms with Crippen LogP contribution in [0.25, 0.3) is 11.1 Å². The number of hydrogen-bond acceptors (Lipinski definition) is 5. The Labute approximate surface area is 252 Å². The van der Waals surface area contributed by atoms with Crippen molar-refractivity contribution in [2.24, 2.45) is 35.5 Å². The van der Waals surface area contributed by atoms with Gasteiger partial charge >= 0.3 is 5.97 Å². The summed E-state index contributed by atoms with van der Waals surface area (Å²) in [6.45, 7) is 3.46. The van der Waals surface area contributed by atoms with Crippen LogP contribution in [0.5, 0.6) is 0 Å². The SMILES string of the molecule is Cc1nc(C)c(C(=O)N(C23CC4CC(CC(C4)C2)C3)C23CC4CC(CC(C4)C2)C3)c(-c2cccc([N+](=O)[O-])c2)c1C(=O)O. The van der Waals surface area contributed by atoms with Gasteiger partial charge in [0.2, 0.25) is 0 Å². The lowest BCUT2D eigenvalue weighted by Gasteiger charge is -2.69. The Balaban J connectivity index is 1.35. The predicted octanol–water partition coefficient (Wildman–Crippen LogP) is 7.35. The van der Waals surface area contributed by atoms with Crippen LogP contribution >= 0.6 is 0 Å². The van der Waals surface area contributed by atoms with Crippen molar-refractivity contribution in [2.45, 2.75) is 102 Å². The maximum Gasteiger partial charge on any atom is 0.338 e. The Morgan fingerprint density at radius 1 is 0.814 bits per heavy atom. The number of carboxylic acids is 1. The van der Waals surface area contributed by atoms with Crippen LogP contribution in [0.2, 0.25) is 0 Å². The van der Waals surface area contributed by atoms with Gasteiger partial charge in [0.1, 0.15) is 0 Å². The maximum absolute atomic E-state index is 15.7. The number of nitro groups is 1. The molecule has 1 aromatic heterocycles. The number of aromatic nitrogens is 1. The first-order valence-electron chi connectivity index (χ1n) is 16.4. The van der Waals surface area contributed by atoms with Crippen LogP contribution in [0, 0.1) is 59.5 Å². The largest absolute Gasteiger partial charge is 0.478 e. The number of amides is 1. The van der Waals surface area contributed by atoms with Crippen LogP contribution in [-0.4, -0.2) is 42.9 Å². The molecule has 43 heavy (non-hydrogen) atoms. The zero-order valence-corrected chi connectivity index (χ0v) is 25.2. The topological polar surface area (TPSA) is 114 Å². The number of nitrogens with zero attached hydrogens (tertiary/aromatic N) is 3. The van der Waals surface area contributed by atoms with E-state index in [1.807, 2.05) is 6.92 Å². The lowest BCUT2D eigenvalue weighted by molar-refractivity contribution is -0.384. The molecule has 0 aliphatic heterocycles. The van der Waals surface area contributed by atoms with Crippen LogP contribution in [0.15, 0.2) is 24.3 Å². The third kappa shape index (κ3) is 4.11. The summed E-state index contributed by atoms with van der Waals surface area (Å²) in [7, 11) is 0. The van der Waals surface area contributed by atoms with Gasteiger partial charge in [0.15, 0.2) is 0 Å². The van der Waals surface area contributed by atoms with E-state index in [0.29, 0.717) is 58.0 Å². The molecule has 1 amide bonds. The van der Waals surface area contributed by atoms with Crippen molar-refractivity contribution in [3.05, 3.63) is 56.9 Å². The van der Waals surface area contributed by atoms with E-state index < -0.39 is 10.9 Å². The number of nitro benzene ring substituents is 1. The molecule has 0 saturated heterocycles. The molecule has 1 N–H and O–H groups in total. The standard InChI is InChI=1S/C35H41N3O5/c1-19-29(31(30(33(40)41)20(2)36-19)27-4-3-5-28(12-27)38(42)43)32(39)37(34-13-21-6-22(14-34)8-23(7-21)15-34)35-16-24-9-25(17-35)11-26(10-24)18-35/h3-5,12,21-26H,6-11,13-18H2,1-2H3,(H,40,41). The molecule has 8 fully saturated rings. The molecule has 0 spiro atoms. The highest BCUT2D eigenvalue weighted by Crippen LogP contribution is 2.64. The maximum atomic E-state index is 15.7. The van der Waals surface area contributed by atoms with E-state index in [1.165, 1.54) is 50.7 Å². The Kier molecular flexibility index (Phi) is 5.93. The van der Waals surface area contributed by atoms with E-state index >= 15 is 4.79 Å². The molecule has 8 aliphatic rings. The number of non-ortho nitro benzene ring substituents is 1. The monoisotopic (exact) mass is 583 g/mol. The molecule has 8 nitrogen and oxygen atoms in total. The van der Waals surface area contributed by atoms with Gasteiger partial charge in [0.05, 0.1) is 27.4 Å². The third-order valence-corrected chi connectivity index (χ3v) is 12.5. The molecule has 8 saturated carbocycles. The van der Waals surface area contributed by atoms with E-state index in [4.69, 9.17) is 0 Å². The minimum Gasteiger partial charge on any atom is -0.478 e. The number of pyridine rings is 1. The molecule has 0 radical (unpaired) electrons. The molecular formula is C35H41N3O5. The van der Waals surface area contributed by atoms with Gasteiger partial charge in [0.25, 0.3) is 11.6 Å². The van der Waals surface area contributed by atoms with E-state index in [-0.39, 0.29) is 33.8 Å². The second-order valence-corrected chi connectivity index (χ2v) is 15.4. The fraction of sp³-hybridized carbons (Fsp3) is 0.629. The van der Waals surface area contributed by atoms with Crippen LogP contribution in [0.1, 0.15) is 109 Å². The number of aryl methyl sites for hydroxylation is 2. The van der Waals surface area contributed by atoms with Crippen molar-refractivity contribution < 1.29 is 19.6 Å². The number of aromatic carboxylic acids is 1. The average molecular weight is 584 g/mol. The first kappa shape index (κ1) is 27.3. The molecule has 8 aliphatic carbocycles. The van der Waals surface area contributed by atoms with Gasteiger partial charge in [-0.15, -0.1) is 0 Å². The van der Waals surface area contributed by atoms with Crippen molar-refractivity contribution >= 4 is 17.6 Å². The summed E-state index contributed by atoms with van der Waals surface area (Å²) in [6.07, 6.45) is 13.9. The van der Waals surface area contributed by atoms with Crippen LogP contribution in [0.4, 0.5) is 5.69 Å². The normalized spacial score (nSPS) is 36.6. The lowest BCUT2D eigenvalue weighted by Crippen LogP contribution is -2.71. The van der Waals surface area contributed by atoms with Crippen molar-refractivity contribution in [3.8, 4) is 11.1 Å². The van der Waals surface area contributed by atoms with E-state index in [1.54, 1.807) is 19.1 Å². The molecule has 10 rings (SSSR count). The smallest absolute Gasteiger partial charge is 0.338 e. The van der Waals surface area contributed by atoms with Gasteiger partial charge < -0.3 is 10.0 Å². The molecular weight excluding hydrogens is 542 g/mol. The first-order valence-corrected chi connectivity index (χ1v) is 16.4. The van der Waals surface area contributed by atoms with E-state index in [0.717, 1.165) is 38.5 Å². The summed E-state index contributed by atoms with van der Waals surface area (Å²) in [4.78, 5) is 46.9. The van der Waals surface area contributed by atoms with Crippen molar-refractivity contribution in [3.63, 3.8) is 0 Å². The molecule has 0 unspecified atom stereocenters. The first-order chi connectivity index (χ1) is 20.5. The van der Waals surface area contributed by atoms with E-state index in [9.17, 15) is 20.0 Å². The number of rotatable bonds is 6. The predicted molar refractivity (Wildman–Crippen MR) is 161 cm³/mol. The van der Waals surface area contributed by atoms with Crippen LogP contribution in [-0.2, 0) is 0 Å². The second-order valence-electron chi connectivity index (χ2n) is 15.4. The number of carbonyl (C=O) groups excluding carboxylic acids is 1. The van der Waals surface area contributed by atoms with Crippen LogP contribution in [0.3, 0.4) is 0 Å². The van der Waals surface area contributed by atoms with Crippen molar-refractivity contribution in [2.75, 3.05) is 0 Å². The summed E-state index contributed by atoms with van der Waals surface area (Å²) < 4.78 is 0. The quantitative estimate of drug-likeness (QED) is 0.281. The molecule has 2 aromatic rings. The van der Waals surface area contributed by atoms with Gasteiger partial charge in [-0.05, 0) is 132 Å². The second kappa shape index (κ2) is 9.35. The number of carbonyl (C=O) groups is 2. The minimum atomic E-state index is -1.17. The molecule has 8 bridgehead atoms. The minimum absolute atomic E-state index is 0.0366. The Morgan fingerprint density at radius 3 is 1.67 bits per heavy atom. The molecule has 226 valence electrons. The van der Waals surface area contributed by atoms with Gasteiger partial charge in [0, 0.05) is 28.8 Å². The highest BCUT2D eigenvalue weighted by molar-refractivity contribution is 6.09. The van der Waals surface area contributed by atoms with Gasteiger partial charge in [-0.1, -0.05) is 12.1 Å². The fourth-order valence-corrected chi connectivity index (χ4v) is 12.2. The number of benzene rings is 1. The lowest BCUT2D eigenvalue weighted by atomic mass is 9.48. The van der Waals surface area contributed by atoms with Gasteiger partial charge in [-0.2, -0.15) is 0 Å². The fourth-order valence-electron chi connectivity index (χ4n) is 12.2. The molecule has 1 heterocycles. The summed E-state index contributed by atoms with van der Waals surface area (Å²) in [5.41, 5.74) is 1.24. The molecule has 0 atom stereocenters. The average Bonchev–Trinajstić information content (AvgIpc) is 2.90. The van der Waals surface area contributed by atoms with E-state index in [2.05, 4.69) is 9.88 Å². The summed E-state index contributed by atoms with van der Waals surface area (Å²) in [6, 6.07) is 6.10. The third-order valence-electron chi connectivity index (χ3n) is 12.5. The summed E-state index contributed by atoms with van der Waals surface area (Å²) in [5, 5.41) is 22.3. The van der Waals surface area contributed by atoms with Crippen molar-refractivity contribution in [1.82, 2.24) is 9.88 Å². The number of hydrogen-bond donors (Lipinski definition) is 1.